The third kappa shape index (κ3) is 6.32. The number of hydrogen-bond donors (Lipinski definition) is 3. The first-order chi connectivity index (χ1) is 23.0. The number of nitrogens with one attached hydrogen (secondary N) is 1. The van der Waals surface area contributed by atoms with Gasteiger partial charge in [-0.1, -0.05) is 79.0 Å². The van der Waals surface area contributed by atoms with Crippen molar-refractivity contribution in [2.75, 3.05) is 19.0 Å². The van der Waals surface area contributed by atoms with E-state index in [1.165, 1.54) is 32.1 Å². The Morgan fingerprint density at radius 2 is 1.84 bits per heavy atom. The molecule has 3 N–H and O–H groups in total. The number of aliphatic hydroxyl groups is 2. The number of fused-ring (bicyclic) bond motifs is 7. The number of hydrazone groups is 1. The van der Waals surface area contributed by atoms with Gasteiger partial charge in [0.2, 0.25) is 0 Å². The monoisotopic (exact) mass is 695 g/mol. The van der Waals surface area contributed by atoms with E-state index in [9.17, 15) is 18.6 Å². The van der Waals surface area contributed by atoms with Crippen molar-refractivity contribution in [1.29, 1.82) is 0 Å². The van der Waals surface area contributed by atoms with Crippen LogP contribution in [0.15, 0.2) is 29.4 Å². The van der Waals surface area contributed by atoms with Crippen LogP contribution < -0.4 is 9.73 Å². The number of hydrogen-bond acceptors (Lipinski definition) is 6. The molecule has 0 radical (unpaired) electrons. The topological polar surface area (TPSA) is 102 Å². The molecule has 0 amide bonds. The van der Waals surface area contributed by atoms with Crippen LogP contribution in [0, 0.1) is 52.3 Å². The zero-order valence-corrected chi connectivity index (χ0v) is 32.4. The van der Waals surface area contributed by atoms with E-state index >= 15 is 0 Å². The molecule has 0 heterocycles. The Morgan fingerprint density at radius 1 is 1.08 bits per heavy atom. The summed E-state index contributed by atoms with van der Waals surface area (Å²) in [4.78, 5) is 4.94. The standard InChI is InChI=1S/C41H65N3O4S/c1-26(2)11-9-12-27(3)33-16-17-34-32-23-29(19-21-39(33,34)5)40(6)22-20-30(45)24-41(40,46)35(32)25-42-43-49(47,48)37-18-15-28(4)38-31(37)13-10-14-36(38)44(7)8/h10,13-14,18,25-30,32-35,43,45-46H,9,11-12,15-17,19-24H2,1-8H3/b42-25+/t27-,28?,29+,30?,32?,33-,34?,35-,39-,40-,41-/m1/s1. The summed E-state index contributed by atoms with van der Waals surface area (Å²) in [7, 11) is 0.0151. The zero-order valence-electron chi connectivity index (χ0n) is 31.6. The maximum absolute atomic E-state index is 14.0. The summed E-state index contributed by atoms with van der Waals surface area (Å²) < 4.78 is 28.0. The number of aliphatic hydroxyl groups excluding tert-OH is 1. The van der Waals surface area contributed by atoms with E-state index in [4.69, 9.17) is 0 Å². The second kappa shape index (κ2) is 13.6. The molecule has 4 unspecified atom stereocenters. The van der Waals surface area contributed by atoms with Crippen molar-refractivity contribution >= 4 is 26.8 Å². The molecule has 11 atom stereocenters. The SMILES string of the molecule is CC(C)CCC[C@@H](C)[C@H]1CCC2C3C[C@H](CC[C@@]21C)[C@@]1(C)CCC(O)C[C@@]1(O)[C@@H]3/C=N/NS(=O)(=O)C1=CCC(C)c2c1cccc2N(C)C. The molecule has 274 valence electrons. The van der Waals surface area contributed by atoms with Crippen molar-refractivity contribution in [3.05, 3.63) is 35.4 Å². The molecule has 0 saturated heterocycles. The number of allylic oxidation sites excluding steroid dienone is 1. The molecule has 1 aromatic carbocycles. The minimum absolute atomic E-state index is 0.179. The van der Waals surface area contributed by atoms with Gasteiger partial charge < -0.3 is 15.1 Å². The Kier molecular flexibility index (Phi) is 10.2. The summed E-state index contributed by atoms with van der Waals surface area (Å²) in [5, 5.41) is 28.5. The summed E-state index contributed by atoms with van der Waals surface area (Å²) in [6.45, 7) is 14.1. The number of sulfonamides is 1. The highest BCUT2D eigenvalue weighted by atomic mass is 32.2. The number of rotatable bonds is 10. The van der Waals surface area contributed by atoms with Crippen molar-refractivity contribution in [2.24, 2.45) is 57.4 Å². The Morgan fingerprint density at radius 3 is 2.55 bits per heavy atom. The Labute approximate surface area is 297 Å². The first-order valence-electron chi connectivity index (χ1n) is 19.5. The van der Waals surface area contributed by atoms with Gasteiger partial charge in [-0.25, -0.2) is 4.83 Å². The summed E-state index contributed by atoms with van der Waals surface area (Å²) in [5.41, 5.74) is 1.49. The molecule has 49 heavy (non-hydrogen) atoms. The maximum Gasteiger partial charge on any atom is 0.276 e. The van der Waals surface area contributed by atoms with Crippen LogP contribution in [-0.4, -0.2) is 50.6 Å². The molecule has 2 bridgehead atoms. The van der Waals surface area contributed by atoms with Crippen molar-refractivity contribution in [3.63, 3.8) is 0 Å². The minimum atomic E-state index is -3.97. The van der Waals surface area contributed by atoms with Gasteiger partial charge in [-0.05, 0) is 115 Å². The molecule has 6 rings (SSSR count). The van der Waals surface area contributed by atoms with Crippen molar-refractivity contribution in [1.82, 2.24) is 4.83 Å². The van der Waals surface area contributed by atoms with Crippen LogP contribution in [0.2, 0.25) is 0 Å². The Bertz CT molecular complexity index is 1540. The Hall–Kier alpha value is -1.90. The maximum atomic E-state index is 14.0. The van der Waals surface area contributed by atoms with E-state index in [1.54, 1.807) is 6.21 Å². The molecular weight excluding hydrogens is 631 g/mol. The van der Waals surface area contributed by atoms with E-state index in [2.05, 4.69) is 51.5 Å². The second-order valence-electron chi connectivity index (χ2n) is 18.2. The lowest BCUT2D eigenvalue weighted by atomic mass is 9.45. The molecule has 4 fully saturated rings. The molecular formula is C41H65N3O4S. The van der Waals surface area contributed by atoms with Crippen LogP contribution in [0.25, 0.3) is 4.91 Å². The van der Waals surface area contributed by atoms with Crippen LogP contribution in [0.1, 0.15) is 136 Å². The fourth-order valence-corrected chi connectivity index (χ4v) is 13.2. The average molecular weight is 696 g/mol. The van der Waals surface area contributed by atoms with Gasteiger partial charge in [0.15, 0.2) is 0 Å². The highest BCUT2D eigenvalue weighted by Crippen LogP contribution is 2.69. The summed E-state index contributed by atoms with van der Waals surface area (Å²) in [6, 6.07) is 5.87. The lowest BCUT2D eigenvalue weighted by molar-refractivity contribution is -0.216. The molecule has 0 aliphatic heterocycles. The zero-order chi connectivity index (χ0) is 35.5. The molecule has 5 aliphatic rings. The van der Waals surface area contributed by atoms with Crippen molar-refractivity contribution < 1.29 is 18.6 Å². The van der Waals surface area contributed by atoms with E-state index < -0.39 is 21.7 Å². The predicted octanol–water partition coefficient (Wildman–Crippen LogP) is 8.33. The average Bonchev–Trinajstić information content (AvgIpc) is 3.30. The molecule has 0 spiro atoms. The van der Waals surface area contributed by atoms with E-state index in [0.29, 0.717) is 42.9 Å². The van der Waals surface area contributed by atoms with Gasteiger partial charge in [0.25, 0.3) is 10.0 Å². The van der Waals surface area contributed by atoms with Gasteiger partial charge in [-0.2, -0.15) is 13.5 Å². The largest absolute Gasteiger partial charge is 0.393 e. The van der Waals surface area contributed by atoms with Gasteiger partial charge in [0, 0.05) is 43.9 Å². The van der Waals surface area contributed by atoms with E-state index in [0.717, 1.165) is 48.4 Å². The quantitative estimate of drug-likeness (QED) is 0.169. The van der Waals surface area contributed by atoms with Crippen LogP contribution in [-0.2, 0) is 10.0 Å². The first kappa shape index (κ1) is 36.9. The molecule has 5 aliphatic carbocycles. The van der Waals surface area contributed by atoms with Crippen LogP contribution >= 0.6 is 0 Å². The molecule has 7 nitrogen and oxygen atoms in total. The van der Waals surface area contributed by atoms with Gasteiger partial charge in [-0.15, -0.1) is 0 Å². The highest BCUT2D eigenvalue weighted by Gasteiger charge is 2.67. The van der Waals surface area contributed by atoms with Crippen LogP contribution in [0.5, 0.6) is 0 Å². The van der Waals surface area contributed by atoms with E-state index in [1.807, 2.05) is 43.3 Å². The van der Waals surface area contributed by atoms with Crippen LogP contribution in [0.3, 0.4) is 0 Å². The predicted molar refractivity (Wildman–Crippen MR) is 202 cm³/mol. The molecule has 0 aromatic heterocycles. The van der Waals surface area contributed by atoms with Gasteiger partial charge >= 0.3 is 0 Å². The number of benzene rings is 1. The summed E-state index contributed by atoms with van der Waals surface area (Å²) >= 11 is 0. The normalized spacial score (nSPS) is 39.5. The Balaban J connectivity index is 1.32. The smallest absolute Gasteiger partial charge is 0.276 e. The number of anilines is 1. The van der Waals surface area contributed by atoms with Gasteiger partial charge in [0.1, 0.15) is 0 Å². The van der Waals surface area contributed by atoms with E-state index in [-0.39, 0.29) is 33.5 Å². The minimum Gasteiger partial charge on any atom is -0.393 e. The van der Waals surface area contributed by atoms with Crippen molar-refractivity contribution in [3.8, 4) is 0 Å². The summed E-state index contributed by atoms with van der Waals surface area (Å²) in [5.74, 6) is 2.93. The fourth-order valence-electron chi connectivity index (χ4n) is 12.1. The van der Waals surface area contributed by atoms with Crippen LogP contribution in [0.4, 0.5) is 5.69 Å². The third-order valence-corrected chi connectivity index (χ3v) is 16.2. The van der Waals surface area contributed by atoms with Gasteiger partial charge in [0.05, 0.1) is 16.6 Å². The fraction of sp³-hybridized carbons (Fsp3) is 0.780. The van der Waals surface area contributed by atoms with Gasteiger partial charge in [-0.3, -0.25) is 0 Å². The number of nitrogens with zero attached hydrogens (tertiary/aromatic N) is 2. The lowest BCUT2D eigenvalue weighted by Crippen LogP contribution is -2.65. The molecule has 4 saturated carbocycles. The highest BCUT2D eigenvalue weighted by molar-refractivity contribution is 7.98. The second-order valence-corrected chi connectivity index (χ2v) is 19.8. The third-order valence-electron chi connectivity index (χ3n) is 14.8. The molecule has 1 aromatic rings. The summed E-state index contributed by atoms with van der Waals surface area (Å²) in [6.07, 6.45) is 15.0. The lowest BCUT2D eigenvalue weighted by Gasteiger charge is -2.62. The van der Waals surface area contributed by atoms with Crippen molar-refractivity contribution in [2.45, 2.75) is 136 Å². The molecule has 8 heteroatoms. The first-order valence-corrected chi connectivity index (χ1v) is 21.0.